The van der Waals surface area contributed by atoms with E-state index in [2.05, 4.69) is 53.6 Å². The zero-order valence-electron chi connectivity index (χ0n) is 15.1. The van der Waals surface area contributed by atoms with Crippen LogP contribution in [0.5, 0.6) is 5.88 Å². The number of ether oxygens (including phenoxy) is 1. The molecule has 1 amide bonds. The van der Waals surface area contributed by atoms with Gasteiger partial charge in [-0.25, -0.2) is 4.98 Å². The van der Waals surface area contributed by atoms with Crippen LogP contribution in [0.3, 0.4) is 0 Å². The fourth-order valence-corrected chi connectivity index (χ4v) is 3.67. The highest BCUT2D eigenvalue weighted by Crippen LogP contribution is 2.31. The molecule has 4 rings (SSSR count). The topological polar surface area (TPSA) is 51.2 Å². The van der Waals surface area contributed by atoms with Crippen LogP contribution in [0.25, 0.3) is 10.9 Å². The van der Waals surface area contributed by atoms with Crippen LogP contribution in [0, 0.1) is 0 Å². The van der Waals surface area contributed by atoms with Crippen LogP contribution in [0.1, 0.15) is 36.5 Å². The zero-order valence-corrected chi connectivity index (χ0v) is 15.1. The van der Waals surface area contributed by atoms with Gasteiger partial charge in [-0.15, -0.1) is 0 Å². The molecule has 4 nitrogen and oxygen atoms in total. The van der Waals surface area contributed by atoms with Crippen LogP contribution in [-0.4, -0.2) is 18.0 Å². The summed E-state index contributed by atoms with van der Waals surface area (Å²) in [5, 5.41) is 4.20. The minimum Gasteiger partial charge on any atom is -0.481 e. The summed E-state index contributed by atoms with van der Waals surface area (Å²) in [5.41, 5.74) is 4.10. The van der Waals surface area contributed by atoms with Gasteiger partial charge < -0.3 is 10.1 Å². The average Bonchev–Trinajstić information content (AvgIpc) is 3.01. The van der Waals surface area contributed by atoms with Gasteiger partial charge in [0, 0.05) is 23.8 Å². The van der Waals surface area contributed by atoms with Gasteiger partial charge in [0.1, 0.15) is 0 Å². The number of methoxy groups -OCH3 is 1. The van der Waals surface area contributed by atoms with Gasteiger partial charge >= 0.3 is 0 Å². The van der Waals surface area contributed by atoms with Crippen LogP contribution in [0.15, 0.2) is 54.6 Å². The lowest BCUT2D eigenvalue weighted by molar-refractivity contribution is -0.119. The highest BCUT2D eigenvalue weighted by molar-refractivity contribution is 5.80. The molecule has 132 valence electrons. The molecule has 1 N–H and O–H groups in total. The van der Waals surface area contributed by atoms with Gasteiger partial charge in [0.05, 0.1) is 18.2 Å². The third-order valence-electron chi connectivity index (χ3n) is 5.21. The maximum absolute atomic E-state index is 11.6. The third kappa shape index (κ3) is 3.03. The molecule has 0 unspecified atom stereocenters. The molecule has 2 aromatic carbocycles. The number of benzene rings is 2. The van der Waals surface area contributed by atoms with E-state index in [-0.39, 0.29) is 11.4 Å². The maximum atomic E-state index is 11.6. The summed E-state index contributed by atoms with van der Waals surface area (Å²) >= 11 is 0. The monoisotopic (exact) mass is 346 g/mol. The van der Waals surface area contributed by atoms with Gasteiger partial charge in [0.2, 0.25) is 11.8 Å². The molecule has 0 bridgehead atoms. The first-order valence-electron chi connectivity index (χ1n) is 8.90. The lowest BCUT2D eigenvalue weighted by atomic mass is 9.89. The Bertz CT molecular complexity index is 966. The van der Waals surface area contributed by atoms with Gasteiger partial charge in [-0.1, -0.05) is 42.5 Å². The number of para-hydroxylation sites is 1. The molecular formula is C22H22N2O2. The summed E-state index contributed by atoms with van der Waals surface area (Å²) in [6, 6.07) is 18.7. The van der Waals surface area contributed by atoms with E-state index >= 15 is 0 Å². The summed E-state index contributed by atoms with van der Waals surface area (Å²) < 4.78 is 5.50. The fraction of sp³-hybridized carbons (Fsp3) is 0.273. The second kappa shape index (κ2) is 6.45. The van der Waals surface area contributed by atoms with Gasteiger partial charge in [-0.2, -0.15) is 0 Å². The molecule has 0 saturated carbocycles. The number of hydrogen-bond acceptors (Lipinski definition) is 3. The molecule has 0 radical (unpaired) electrons. The number of amides is 1. The van der Waals surface area contributed by atoms with Crippen molar-refractivity contribution in [1.82, 2.24) is 10.3 Å². The second-order valence-corrected chi connectivity index (χ2v) is 7.10. The number of carbonyl (C=O) groups excluding carboxylic acids is 1. The van der Waals surface area contributed by atoms with E-state index in [4.69, 9.17) is 4.74 Å². The number of nitrogens with one attached hydrogen (secondary N) is 1. The first-order chi connectivity index (χ1) is 12.6. The highest BCUT2D eigenvalue weighted by atomic mass is 16.5. The van der Waals surface area contributed by atoms with Crippen molar-refractivity contribution >= 4 is 16.8 Å². The van der Waals surface area contributed by atoms with Gasteiger partial charge in [0.15, 0.2) is 0 Å². The SMILES string of the molecule is COc1nc2ccccc2cc1Cc1ccc([C@@]2(C)CCC(=O)N2)cc1. The van der Waals surface area contributed by atoms with E-state index < -0.39 is 0 Å². The number of pyridine rings is 1. The third-order valence-corrected chi connectivity index (χ3v) is 5.21. The highest BCUT2D eigenvalue weighted by Gasteiger charge is 2.34. The van der Waals surface area contributed by atoms with E-state index in [1.54, 1.807) is 7.11 Å². The van der Waals surface area contributed by atoms with Crippen molar-refractivity contribution < 1.29 is 9.53 Å². The summed E-state index contributed by atoms with van der Waals surface area (Å²) in [6.45, 7) is 2.09. The Morgan fingerprint density at radius 1 is 1.15 bits per heavy atom. The van der Waals surface area contributed by atoms with Crippen molar-refractivity contribution in [2.45, 2.75) is 31.7 Å². The number of rotatable bonds is 4. The molecule has 26 heavy (non-hydrogen) atoms. The molecular weight excluding hydrogens is 324 g/mol. The molecule has 4 heteroatoms. The molecule has 2 heterocycles. The zero-order chi connectivity index (χ0) is 18.1. The van der Waals surface area contributed by atoms with Crippen molar-refractivity contribution in [3.63, 3.8) is 0 Å². The summed E-state index contributed by atoms with van der Waals surface area (Å²) in [5.74, 6) is 0.798. The van der Waals surface area contributed by atoms with Crippen molar-refractivity contribution in [3.05, 3.63) is 71.3 Å². The molecule has 1 saturated heterocycles. The lowest BCUT2D eigenvalue weighted by Crippen LogP contribution is -2.35. The molecule has 1 aliphatic heterocycles. The van der Waals surface area contributed by atoms with E-state index in [0.29, 0.717) is 12.3 Å². The predicted octanol–water partition coefficient (Wildman–Crippen LogP) is 3.96. The number of fused-ring (bicyclic) bond motifs is 1. The summed E-state index contributed by atoms with van der Waals surface area (Å²) in [6.07, 6.45) is 2.19. The quantitative estimate of drug-likeness (QED) is 0.778. The van der Waals surface area contributed by atoms with Crippen molar-refractivity contribution in [2.75, 3.05) is 7.11 Å². The molecule has 0 aliphatic carbocycles. The first-order valence-corrected chi connectivity index (χ1v) is 8.90. The minimum absolute atomic E-state index is 0.128. The maximum Gasteiger partial charge on any atom is 0.220 e. The average molecular weight is 346 g/mol. The molecule has 3 aromatic rings. The molecule has 1 aliphatic rings. The van der Waals surface area contributed by atoms with E-state index in [9.17, 15) is 4.79 Å². The first kappa shape index (κ1) is 16.6. The van der Waals surface area contributed by atoms with Crippen LogP contribution in [-0.2, 0) is 16.8 Å². The van der Waals surface area contributed by atoms with Crippen LogP contribution in [0.4, 0.5) is 0 Å². The van der Waals surface area contributed by atoms with E-state index in [1.165, 1.54) is 5.56 Å². The van der Waals surface area contributed by atoms with Gasteiger partial charge in [-0.05, 0) is 36.6 Å². The summed E-state index contributed by atoms with van der Waals surface area (Å²) in [7, 11) is 1.66. The Morgan fingerprint density at radius 2 is 1.92 bits per heavy atom. The Hall–Kier alpha value is -2.88. The predicted molar refractivity (Wildman–Crippen MR) is 102 cm³/mol. The standard InChI is InChI=1S/C22H22N2O2/c1-22(12-11-20(25)24-22)18-9-7-15(8-10-18)13-17-14-16-5-3-4-6-19(16)23-21(17)26-2/h3-10,14H,11-13H2,1-2H3,(H,24,25)/t22-/m1/s1. The minimum atomic E-state index is -0.252. The van der Waals surface area contributed by atoms with Gasteiger partial charge in [0.25, 0.3) is 0 Å². The van der Waals surface area contributed by atoms with Crippen LogP contribution in [0.2, 0.25) is 0 Å². The van der Waals surface area contributed by atoms with Crippen molar-refractivity contribution in [2.24, 2.45) is 0 Å². The Morgan fingerprint density at radius 3 is 2.62 bits per heavy atom. The smallest absolute Gasteiger partial charge is 0.220 e. The van der Waals surface area contributed by atoms with E-state index in [0.717, 1.165) is 34.9 Å². The largest absolute Gasteiger partial charge is 0.481 e. The fourth-order valence-electron chi connectivity index (χ4n) is 3.67. The van der Waals surface area contributed by atoms with Crippen molar-refractivity contribution in [3.8, 4) is 5.88 Å². The number of aromatic nitrogens is 1. The molecule has 1 fully saturated rings. The number of hydrogen-bond donors (Lipinski definition) is 1. The second-order valence-electron chi connectivity index (χ2n) is 7.10. The molecule has 1 atom stereocenters. The van der Waals surface area contributed by atoms with Crippen LogP contribution >= 0.6 is 0 Å². The molecule has 0 spiro atoms. The Kier molecular flexibility index (Phi) is 4.11. The molecule has 1 aromatic heterocycles. The normalized spacial score (nSPS) is 19.5. The Labute approximate surface area is 153 Å². The van der Waals surface area contributed by atoms with Crippen molar-refractivity contribution in [1.29, 1.82) is 0 Å². The lowest BCUT2D eigenvalue weighted by Gasteiger charge is -2.24. The number of nitrogens with zero attached hydrogens (tertiary/aromatic N) is 1. The van der Waals surface area contributed by atoms with E-state index in [1.807, 2.05) is 18.2 Å². The summed E-state index contributed by atoms with van der Waals surface area (Å²) in [4.78, 5) is 16.2. The van der Waals surface area contributed by atoms with Gasteiger partial charge in [-0.3, -0.25) is 4.79 Å². The number of carbonyl (C=O) groups is 1. The Balaban J connectivity index is 1.61. The van der Waals surface area contributed by atoms with Crippen LogP contribution < -0.4 is 10.1 Å².